The van der Waals surface area contributed by atoms with Crippen LogP contribution < -0.4 is 0 Å². The topological polar surface area (TPSA) is 63.1 Å². The van der Waals surface area contributed by atoms with E-state index in [9.17, 15) is 4.79 Å². The van der Waals surface area contributed by atoms with E-state index in [1.807, 2.05) is 30.3 Å². The average Bonchev–Trinajstić information content (AvgIpc) is 2.30. The number of rotatable bonds is 2. The van der Waals surface area contributed by atoms with E-state index in [-0.39, 0.29) is 5.69 Å². The molecule has 2 rings (SSSR count). The van der Waals surface area contributed by atoms with Crippen molar-refractivity contribution in [3.05, 3.63) is 48.3 Å². The maximum Gasteiger partial charge on any atom is 0.357 e. The summed E-state index contributed by atoms with van der Waals surface area (Å²) in [6, 6.07) is 10.9. The van der Waals surface area contributed by atoms with E-state index in [4.69, 9.17) is 5.11 Å². The van der Waals surface area contributed by atoms with Crippen molar-refractivity contribution >= 4 is 5.97 Å². The predicted molar refractivity (Wildman–Crippen MR) is 54.4 cm³/mol. The molecular formula is C11H8N2O2. The molecule has 0 aliphatic heterocycles. The summed E-state index contributed by atoms with van der Waals surface area (Å²) >= 11 is 0. The molecule has 0 spiro atoms. The Morgan fingerprint density at radius 3 is 2.53 bits per heavy atom. The second-order valence-electron chi connectivity index (χ2n) is 2.96. The molecule has 1 N–H and O–H groups in total. The van der Waals surface area contributed by atoms with Crippen molar-refractivity contribution in [1.82, 2.24) is 10.2 Å². The van der Waals surface area contributed by atoms with E-state index in [2.05, 4.69) is 10.2 Å². The molecule has 0 aliphatic rings. The third-order valence-electron chi connectivity index (χ3n) is 2.01. The van der Waals surface area contributed by atoms with Crippen LogP contribution in [0.1, 0.15) is 10.5 Å². The molecule has 0 fully saturated rings. The lowest BCUT2D eigenvalue weighted by atomic mass is 10.1. The molecule has 0 unspecified atom stereocenters. The second-order valence-corrected chi connectivity index (χ2v) is 2.96. The number of benzene rings is 1. The zero-order valence-electron chi connectivity index (χ0n) is 7.79. The molecule has 1 aromatic carbocycles. The van der Waals surface area contributed by atoms with Gasteiger partial charge in [-0.1, -0.05) is 30.3 Å². The summed E-state index contributed by atoms with van der Waals surface area (Å²) in [7, 11) is 0. The second kappa shape index (κ2) is 3.88. The Hall–Kier alpha value is -2.23. The highest BCUT2D eigenvalue weighted by molar-refractivity contribution is 5.93. The summed E-state index contributed by atoms with van der Waals surface area (Å²) in [5, 5.41) is 16.1. The quantitative estimate of drug-likeness (QED) is 0.803. The monoisotopic (exact) mass is 200 g/mol. The van der Waals surface area contributed by atoms with Crippen LogP contribution in [0.5, 0.6) is 0 Å². The van der Waals surface area contributed by atoms with Gasteiger partial charge in [0.2, 0.25) is 0 Å². The molecule has 0 bridgehead atoms. The fourth-order valence-corrected chi connectivity index (χ4v) is 1.34. The van der Waals surface area contributed by atoms with E-state index < -0.39 is 5.97 Å². The van der Waals surface area contributed by atoms with Gasteiger partial charge in [-0.3, -0.25) is 0 Å². The average molecular weight is 200 g/mol. The summed E-state index contributed by atoms with van der Waals surface area (Å²) in [6.07, 6.45) is 1.48. The highest BCUT2D eigenvalue weighted by atomic mass is 16.4. The minimum Gasteiger partial charge on any atom is -0.476 e. The maximum absolute atomic E-state index is 10.9. The van der Waals surface area contributed by atoms with Gasteiger partial charge < -0.3 is 5.11 Å². The van der Waals surface area contributed by atoms with Crippen molar-refractivity contribution < 1.29 is 9.90 Å². The molecule has 0 radical (unpaired) electrons. The Kier molecular flexibility index (Phi) is 2.41. The van der Waals surface area contributed by atoms with Crippen molar-refractivity contribution in [2.24, 2.45) is 0 Å². The first-order chi connectivity index (χ1) is 7.29. The molecule has 0 aliphatic carbocycles. The van der Waals surface area contributed by atoms with Gasteiger partial charge in [-0.25, -0.2) is 4.79 Å². The van der Waals surface area contributed by atoms with E-state index in [1.165, 1.54) is 6.20 Å². The van der Waals surface area contributed by atoms with Crippen LogP contribution in [0.2, 0.25) is 0 Å². The number of hydrogen-bond acceptors (Lipinski definition) is 3. The van der Waals surface area contributed by atoms with Crippen LogP contribution in [-0.2, 0) is 0 Å². The van der Waals surface area contributed by atoms with Crippen LogP contribution in [0.15, 0.2) is 42.6 Å². The number of hydrogen-bond donors (Lipinski definition) is 1. The summed E-state index contributed by atoms with van der Waals surface area (Å²) < 4.78 is 0. The van der Waals surface area contributed by atoms with Crippen molar-refractivity contribution in [1.29, 1.82) is 0 Å². The number of carboxylic acids is 1. The van der Waals surface area contributed by atoms with Crippen molar-refractivity contribution in [2.75, 3.05) is 0 Å². The minimum atomic E-state index is -1.07. The molecule has 1 heterocycles. The Labute approximate surface area is 86.2 Å². The molecule has 1 aromatic heterocycles. The van der Waals surface area contributed by atoms with Gasteiger partial charge in [0.15, 0.2) is 5.69 Å². The molecule has 0 atom stereocenters. The van der Waals surface area contributed by atoms with E-state index >= 15 is 0 Å². The lowest BCUT2D eigenvalue weighted by Gasteiger charge is -2.03. The molecule has 15 heavy (non-hydrogen) atoms. The number of aromatic nitrogens is 2. The van der Waals surface area contributed by atoms with E-state index in [1.54, 1.807) is 6.07 Å². The molecule has 4 nitrogen and oxygen atoms in total. The van der Waals surface area contributed by atoms with E-state index in [0.29, 0.717) is 5.56 Å². The summed E-state index contributed by atoms with van der Waals surface area (Å²) in [6.45, 7) is 0. The van der Waals surface area contributed by atoms with Gasteiger partial charge in [0.05, 0.1) is 6.20 Å². The smallest absolute Gasteiger partial charge is 0.357 e. The normalized spacial score (nSPS) is 9.87. The molecule has 4 heteroatoms. The van der Waals surface area contributed by atoms with Crippen molar-refractivity contribution in [3.8, 4) is 11.1 Å². The lowest BCUT2D eigenvalue weighted by Crippen LogP contribution is -2.04. The molecule has 0 saturated heterocycles. The van der Waals surface area contributed by atoms with Gasteiger partial charge in [-0.05, 0) is 11.6 Å². The van der Waals surface area contributed by atoms with Crippen molar-refractivity contribution in [2.45, 2.75) is 0 Å². The number of carboxylic acid groups (broad SMARTS) is 1. The third-order valence-corrected chi connectivity index (χ3v) is 2.01. The summed E-state index contributed by atoms with van der Waals surface area (Å²) in [5.41, 5.74) is 1.38. The van der Waals surface area contributed by atoms with Gasteiger partial charge in [0, 0.05) is 5.56 Å². The Morgan fingerprint density at radius 1 is 1.13 bits per heavy atom. The van der Waals surface area contributed by atoms with Crippen molar-refractivity contribution in [3.63, 3.8) is 0 Å². The van der Waals surface area contributed by atoms with Gasteiger partial charge in [-0.2, -0.15) is 5.10 Å². The first-order valence-corrected chi connectivity index (χ1v) is 4.39. The maximum atomic E-state index is 10.9. The molecule has 2 aromatic rings. The molecule has 0 amide bonds. The highest BCUT2D eigenvalue weighted by Crippen LogP contribution is 2.20. The van der Waals surface area contributed by atoms with Crippen LogP contribution in [0.3, 0.4) is 0 Å². The molecule has 0 saturated carbocycles. The Balaban J connectivity index is 2.58. The summed E-state index contributed by atoms with van der Waals surface area (Å²) in [4.78, 5) is 10.9. The van der Waals surface area contributed by atoms with Crippen LogP contribution >= 0.6 is 0 Å². The van der Waals surface area contributed by atoms with Crippen LogP contribution in [0.25, 0.3) is 11.1 Å². The number of aromatic carboxylic acids is 1. The fourth-order valence-electron chi connectivity index (χ4n) is 1.34. The minimum absolute atomic E-state index is 0.0244. The first kappa shape index (κ1) is 9.33. The summed E-state index contributed by atoms with van der Waals surface area (Å²) in [5.74, 6) is -1.07. The van der Waals surface area contributed by atoms with Crippen LogP contribution in [0, 0.1) is 0 Å². The SMILES string of the molecule is O=C(O)c1nnccc1-c1ccccc1. The third kappa shape index (κ3) is 1.83. The fraction of sp³-hybridized carbons (Fsp3) is 0. The van der Waals surface area contributed by atoms with E-state index in [0.717, 1.165) is 5.56 Å². The van der Waals surface area contributed by atoms with Crippen LogP contribution in [0.4, 0.5) is 0 Å². The van der Waals surface area contributed by atoms with Gasteiger partial charge in [0.25, 0.3) is 0 Å². The van der Waals surface area contributed by atoms with Gasteiger partial charge in [0.1, 0.15) is 0 Å². The van der Waals surface area contributed by atoms with Gasteiger partial charge >= 0.3 is 5.97 Å². The zero-order chi connectivity index (χ0) is 10.7. The standard InChI is InChI=1S/C11H8N2O2/c14-11(15)10-9(6-7-12-13-10)8-4-2-1-3-5-8/h1-7H,(H,14,15). The molecule has 74 valence electrons. The Morgan fingerprint density at radius 2 is 1.87 bits per heavy atom. The van der Waals surface area contributed by atoms with Crippen LogP contribution in [-0.4, -0.2) is 21.3 Å². The molecular weight excluding hydrogens is 192 g/mol. The predicted octanol–water partition coefficient (Wildman–Crippen LogP) is 1.84. The highest BCUT2D eigenvalue weighted by Gasteiger charge is 2.12. The first-order valence-electron chi connectivity index (χ1n) is 4.39. The van der Waals surface area contributed by atoms with Gasteiger partial charge in [-0.15, -0.1) is 5.10 Å². The lowest BCUT2D eigenvalue weighted by molar-refractivity contribution is 0.0690. The zero-order valence-corrected chi connectivity index (χ0v) is 7.79. The Bertz CT molecular complexity index is 483. The number of nitrogens with zero attached hydrogens (tertiary/aromatic N) is 2. The largest absolute Gasteiger partial charge is 0.476 e. The number of carbonyl (C=O) groups is 1.